The van der Waals surface area contributed by atoms with Gasteiger partial charge in [0, 0.05) is 6.61 Å². The van der Waals surface area contributed by atoms with E-state index in [4.69, 9.17) is 15.3 Å². The van der Waals surface area contributed by atoms with Gasteiger partial charge in [0.2, 0.25) is 0 Å². The zero-order chi connectivity index (χ0) is 12.0. The van der Waals surface area contributed by atoms with Crippen molar-refractivity contribution in [3.63, 3.8) is 0 Å². The first-order valence-electron chi connectivity index (χ1n) is 6.09. The van der Waals surface area contributed by atoms with Crippen molar-refractivity contribution in [3.05, 3.63) is 11.8 Å². The van der Waals surface area contributed by atoms with Crippen LogP contribution in [-0.4, -0.2) is 25.4 Å². The average Bonchev–Trinajstić information content (AvgIpc) is 2.30. The third kappa shape index (κ3) is 3.47. The van der Waals surface area contributed by atoms with Gasteiger partial charge >= 0.3 is 0 Å². The van der Waals surface area contributed by atoms with Crippen molar-refractivity contribution >= 4 is 0 Å². The Labute approximate surface area is 98.1 Å². The molecule has 0 aromatic heterocycles. The Bertz CT molecular complexity index is 229. The smallest absolute Gasteiger partial charge is 0.0876 e. The molecule has 0 bridgehead atoms. The molecule has 0 saturated carbocycles. The highest BCUT2D eigenvalue weighted by molar-refractivity contribution is 5.12. The van der Waals surface area contributed by atoms with E-state index in [1.54, 1.807) is 0 Å². The number of nitrogens with two attached hydrogens (primary N) is 1. The molecule has 0 spiro atoms. The molecule has 2 atom stereocenters. The van der Waals surface area contributed by atoms with Crippen molar-refractivity contribution in [3.8, 4) is 0 Å². The maximum absolute atomic E-state index is 5.77. The minimum Gasteiger partial charge on any atom is -0.501 e. The molecule has 0 radical (unpaired) electrons. The number of hydrogen-bond acceptors (Lipinski definition) is 4. The molecule has 2 unspecified atom stereocenters. The average molecular weight is 228 g/mol. The lowest BCUT2D eigenvalue weighted by atomic mass is 9.91. The maximum atomic E-state index is 5.77. The quantitative estimate of drug-likeness (QED) is 0.535. The summed E-state index contributed by atoms with van der Waals surface area (Å²) < 4.78 is 11.1. The van der Waals surface area contributed by atoms with E-state index in [-0.39, 0.29) is 12.1 Å². The van der Waals surface area contributed by atoms with Gasteiger partial charge in [0.05, 0.1) is 25.0 Å². The lowest BCUT2D eigenvalue weighted by Crippen LogP contribution is -2.49. The second-order valence-corrected chi connectivity index (χ2v) is 4.48. The molecule has 0 saturated heterocycles. The van der Waals surface area contributed by atoms with Crippen molar-refractivity contribution < 1.29 is 9.47 Å². The second-order valence-electron chi connectivity index (χ2n) is 4.48. The Morgan fingerprint density at radius 3 is 2.75 bits per heavy atom. The van der Waals surface area contributed by atoms with E-state index in [1.807, 2.05) is 13.2 Å². The summed E-state index contributed by atoms with van der Waals surface area (Å²) in [5.41, 5.74) is 4.07. The van der Waals surface area contributed by atoms with Crippen molar-refractivity contribution in [2.24, 2.45) is 11.8 Å². The molecule has 0 amide bonds. The fraction of sp³-hybridized carbons (Fsp3) is 0.833. The van der Waals surface area contributed by atoms with Gasteiger partial charge in [-0.25, -0.2) is 0 Å². The van der Waals surface area contributed by atoms with Crippen LogP contribution in [0.1, 0.15) is 33.6 Å². The van der Waals surface area contributed by atoms with Gasteiger partial charge in [0.25, 0.3) is 0 Å². The van der Waals surface area contributed by atoms with Gasteiger partial charge in [-0.05, 0) is 31.3 Å². The molecule has 0 aromatic carbocycles. The molecule has 94 valence electrons. The molecule has 3 N–H and O–H groups in total. The summed E-state index contributed by atoms with van der Waals surface area (Å²) in [4.78, 5) is 0. The highest BCUT2D eigenvalue weighted by atomic mass is 16.5. The lowest BCUT2D eigenvalue weighted by Gasteiger charge is -2.32. The van der Waals surface area contributed by atoms with E-state index in [1.165, 1.54) is 5.57 Å². The summed E-state index contributed by atoms with van der Waals surface area (Å²) >= 11 is 0. The van der Waals surface area contributed by atoms with Crippen LogP contribution in [0.5, 0.6) is 0 Å². The van der Waals surface area contributed by atoms with Crippen LogP contribution in [0.4, 0.5) is 0 Å². The minimum atomic E-state index is 0.0558. The van der Waals surface area contributed by atoms with Crippen LogP contribution in [0.3, 0.4) is 0 Å². The molecule has 4 heteroatoms. The van der Waals surface area contributed by atoms with Gasteiger partial charge in [-0.1, -0.05) is 13.8 Å². The van der Waals surface area contributed by atoms with Crippen molar-refractivity contribution in [2.75, 3.05) is 13.2 Å². The molecule has 16 heavy (non-hydrogen) atoms. The first-order chi connectivity index (χ1) is 7.70. The molecule has 1 rings (SSSR count). The molecule has 1 heterocycles. The number of ether oxygens (including phenoxy) is 2. The Kier molecular flexibility index (Phi) is 5.80. The van der Waals surface area contributed by atoms with E-state index in [9.17, 15) is 0 Å². The summed E-state index contributed by atoms with van der Waals surface area (Å²) in [6.07, 6.45) is 4.03. The van der Waals surface area contributed by atoms with Crippen molar-refractivity contribution in [1.82, 2.24) is 5.43 Å². The highest BCUT2D eigenvalue weighted by Crippen LogP contribution is 2.22. The van der Waals surface area contributed by atoms with Crippen LogP contribution in [0.15, 0.2) is 11.8 Å². The predicted molar refractivity (Wildman–Crippen MR) is 64.6 cm³/mol. The second kappa shape index (κ2) is 6.89. The van der Waals surface area contributed by atoms with Crippen LogP contribution in [-0.2, 0) is 9.47 Å². The summed E-state index contributed by atoms with van der Waals surface area (Å²) in [7, 11) is 0. The zero-order valence-electron chi connectivity index (χ0n) is 10.5. The van der Waals surface area contributed by atoms with Crippen LogP contribution in [0.25, 0.3) is 0 Å². The number of hydrazine groups is 1. The SMILES string of the molecule is CCOC(C(C)C)C(NN)C1=COCCC1. The maximum Gasteiger partial charge on any atom is 0.0876 e. The van der Waals surface area contributed by atoms with Crippen molar-refractivity contribution in [1.29, 1.82) is 0 Å². The van der Waals surface area contributed by atoms with E-state index < -0.39 is 0 Å². The van der Waals surface area contributed by atoms with Crippen molar-refractivity contribution in [2.45, 2.75) is 45.8 Å². The monoisotopic (exact) mass is 228 g/mol. The summed E-state index contributed by atoms with van der Waals surface area (Å²) in [5, 5.41) is 0. The third-order valence-electron chi connectivity index (χ3n) is 2.89. The normalized spacial score (nSPS) is 20.2. The number of rotatable bonds is 6. The highest BCUT2D eigenvalue weighted by Gasteiger charge is 2.28. The Morgan fingerprint density at radius 1 is 1.56 bits per heavy atom. The lowest BCUT2D eigenvalue weighted by molar-refractivity contribution is 0.00938. The molecule has 0 fully saturated rings. The van der Waals surface area contributed by atoms with Crippen LogP contribution >= 0.6 is 0 Å². The molecule has 1 aliphatic rings. The minimum absolute atomic E-state index is 0.0558. The Hall–Kier alpha value is -0.580. The van der Waals surface area contributed by atoms with Gasteiger partial charge < -0.3 is 9.47 Å². The summed E-state index contributed by atoms with van der Waals surface area (Å²) in [5.74, 6) is 6.07. The Morgan fingerprint density at radius 2 is 2.31 bits per heavy atom. The standard InChI is InChI=1S/C12H24N2O2/c1-4-16-12(9(2)3)11(14-13)10-6-5-7-15-8-10/h8-9,11-12,14H,4-7,13H2,1-3H3. The van der Waals surface area contributed by atoms with Crippen LogP contribution in [0, 0.1) is 5.92 Å². The van der Waals surface area contributed by atoms with Gasteiger partial charge in [-0.2, -0.15) is 0 Å². The van der Waals surface area contributed by atoms with E-state index in [0.717, 1.165) is 19.4 Å². The van der Waals surface area contributed by atoms with Gasteiger partial charge in [-0.3, -0.25) is 11.3 Å². The molecular weight excluding hydrogens is 204 g/mol. The molecule has 0 aromatic rings. The van der Waals surface area contributed by atoms with Crippen LogP contribution in [0.2, 0.25) is 0 Å². The van der Waals surface area contributed by atoms with E-state index >= 15 is 0 Å². The van der Waals surface area contributed by atoms with Crippen LogP contribution < -0.4 is 11.3 Å². The molecular formula is C12H24N2O2. The third-order valence-corrected chi connectivity index (χ3v) is 2.89. The zero-order valence-corrected chi connectivity index (χ0v) is 10.5. The molecule has 0 aliphatic carbocycles. The Balaban J connectivity index is 2.72. The number of nitrogens with one attached hydrogen (secondary N) is 1. The van der Waals surface area contributed by atoms with E-state index in [0.29, 0.717) is 12.5 Å². The fourth-order valence-electron chi connectivity index (χ4n) is 2.09. The first-order valence-corrected chi connectivity index (χ1v) is 6.09. The van der Waals surface area contributed by atoms with E-state index in [2.05, 4.69) is 19.3 Å². The molecule has 1 aliphatic heterocycles. The predicted octanol–water partition coefficient (Wildman–Crippen LogP) is 1.57. The summed E-state index contributed by atoms with van der Waals surface area (Å²) in [6, 6.07) is 0.0558. The first kappa shape index (κ1) is 13.5. The van der Waals surface area contributed by atoms with Gasteiger partial charge in [-0.15, -0.1) is 0 Å². The topological polar surface area (TPSA) is 56.5 Å². The summed E-state index contributed by atoms with van der Waals surface area (Å²) in [6.45, 7) is 7.81. The van der Waals surface area contributed by atoms with Gasteiger partial charge in [0.1, 0.15) is 0 Å². The number of hydrogen-bond donors (Lipinski definition) is 2. The largest absolute Gasteiger partial charge is 0.501 e. The fourth-order valence-corrected chi connectivity index (χ4v) is 2.09. The van der Waals surface area contributed by atoms with Gasteiger partial charge in [0.15, 0.2) is 0 Å². The molecule has 4 nitrogen and oxygen atoms in total.